The van der Waals surface area contributed by atoms with Gasteiger partial charge in [-0.05, 0) is 6.07 Å². The zero-order valence-corrected chi connectivity index (χ0v) is 14.9. The molecule has 0 fully saturated rings. The maximum atomic E-state index is 10.6. The van der Waals surface area contributed by atoms with E-state index in [1.54, 1.807) is 0 Å². The Morgan fingerprint density at radius 1 is 0.778 bits per heavy atom. The molecule has 0 aromatic heterocycles. The number of hydrogen-bond donors (Lipinski definition) is 2. The van der Waals surface area contributed by atoms with Gasteiger partial charge in [0.15, 0.2) is 0 Å². The number of hydrogen-bond acceptors (Lipinski definition) is 8. The molecule has 0 saturated carbocycles. The van der Waals surface area contributed by atoms with Crippen molar-refractivity contribution in [2.24, 2.45) is 0 Å². The third-order valence-electron chi connectivity index (χ3n) is 1.58. The number of phenols is 2. The van der Waals surface area contributed by atoms with Crippen molar-refractivity contribution in [2.45, 2.75) is 9.79 Å². The third kappa shape index (κ3) is 4.96. The summed E-state index contributed by atoms with van der Waals surface area (Å²) in [6, 6.07) is 0.394. The van der Waals surface area contributed by atoms with E-state index in [-0.39, 0.29) is 71.2 Å². The Balaban J connectivity index is 0. The van der Waals surface area contributed by atoms with Crippen LogP contribution in [0.15, 0.2) is 21.9 Å². The Labute approximate surface area is 147 Å². The summed E-state index contributed by atoms with van der Waals surface area (Å²) in [5.74, 6) is -2.28. The topological polar surface area (TPSA) is 155 Å². The maximum absolute atomic E-state index is 10.6. The van der Waals surface area contributed by atoms with Gasteiger partial charge >= 0.3 is 59.1 Å². The average Bonchev–Trinajstić information content (AvgIpc) is 1.97. The summed E-state index contributed by atoms with van der Waals surface area (Å²) in [6.07, 6.45) is 0. The standard InChI is InChI=1S/C6H6O8S2.2Na/c7-3-1-4(8)6(16(12,13)14)2-5(3)15(9,10)11;;/h1-2,7-8H,(H,9,10,11)(H,12,13,14);;/q;2*+1/p-2. The van der Waals surface area contributed by atoms with Crippen LogP contribution in [0, 0.1) is 0 Å². The first-order chi connectivity index (χ1) is 7.03. The first-order valence-electron chi connectivity index (χ1n) is 3.51. The molecule has 0 atom stereocenters. The van der Waals surface area contributed by atoms with E-state index in [9.17, 15) is 25.9 Å². The molecule has 0 saturated heterocycles. The van der Waals surface area contributed by atoms with Gasteiger partial charge in [0, 0.05) is 6.07 Å². The Hall–Kier alpha value is 0.640. The van der Waals surface area contributed by atoms with E-state index in [1.807, 2.05) is 0 Å². The van der Waals surface area contributed by atoms with Gasteiger partial charge in [-0.3, -0.25) is 0 Å². The molecule has 8 nitrogen and oxygen atoms in total. The minimum absolute atomic E-state index is 0. The minimum atomic E-state index is -5.15. The molecule has 1 aromatic carbocycles. The van der Waals surface area contributed by atoms with Gasteiger partial charge < -0.3 is 19.3 Å². The molecule has 0 aliphatic heterocycles. The molecule has 0 aliphatic rings. The third-order valence-corrected chi connectivity index (χ3v) is 3.31. The Morgan fingerprint density at radius 2 is 1.06 bits per heavy atom. The van der Waals surface area contributed by atoms with Crippen molar-refractivity contribution in [3.8, 4) is 11.5 Å². The first kappa shape index (κ1) is 20.9. The van der Waals surface area contributed by atoms with Crippen molar-refractivity contribution in [1.82, 2.24) is 0 Å². The van der Waals surface area contributed by atoms with Crippen LogP contribution in [0.4, 0.5) is 0 Å². The summed E-state index contributed by atoms with van der Waals surface area (Å²) in [4.78, 5) is -2.58. The second-order valence-electron chi connectivity index (χ2n) is 2.70. The van der Waals surface area contributed by atoms with Crippen LogP contribution < -0.4 is 59.1 Å². The van der Waals surface area contributed by atoms with E-state index in [2.05, 4.69) is 0 Å². The number of phenolic OH excluding ortho intramolecular Hbond substituents is 2. The van der Waals surface area contributed by atoms with Gasteiger partial charge in [-0.25, -0.2) is 16.8 Å². The van der Waals surface area contributed by atoms with Crippen LogP contribution >= 0.6 is 0 Å². The van der Waals surface area contributed by atoms with Gasteiger partial charge in [0.05, 0.1) is 9.79 Å². The molecular weight excluding hydrogens is 310 g/mol. The van der Waals surface area contributed by atoms with Crippen LogP contribution in [0.2, 0.25) is 0 Å². The molecule has 0 radical (unpaired) electrons. The van der Waals surface area contributed by atoms with Crippen LogP contribution in [0.5, 0.6) is 11.5 Å². The summed E-state index contributed by atoms with van der Waals surface area (Å²) in [6.45, 7) is 0. The molecule has 0 aliphatic carbocycles. The second-order valence-corrected chi connectivity index (χ2v) is 5.39. The van der Waals surface area contributed by atoms with Gasteiger partial charge in [-0.15, -0.1) is 0 Å². The van der Waals surface area contributed by atoms with Crippen LogP contribution in [-0.4, -0.2) is 36.2 Å². The van der Waals surface area contributed by atoms with E-state index in [0.717, 1.165) is 0 Å². The minimum Gasteiger partial charge on any atom is -0.744 e. The Bertz CT molecular complexity index is 583. The second kappa shape index (κ2) is 6.88. The zero-order chi connectivity index (χ0) is 12.7. The summed E-state index contributed by atoms with van der Waals surface area (Å²) in [5, 5.41) is 18.0. The van der Waals surface area contributed by atoms with E-state index >= 15 is 0 Å². The van der Waals surface area contributed by atoms with Crippen molar-refractivity contribution in [2.75, 3.05) is 0 Å². The van der Waals surface area contributed by atoms with Crippen LogP contribution in [-0.2, 0) is 20.2 Å². The smallest absolute Gasteiger partial charge is 0.744 e. The van der Waals surface area contributed by atoms with Gasteiger partial charge in [0.25, 0.3) is 0 Å². The monoisotopic (exact) mass is 314 g/mol. The number of rotatable bonds is 2. The quantitative estimate of drug-likeness (QED) is 0.403. The molecule has 0 amide bonds. The molecule has 2 N–H and O–H groups in total. The van der Waals surface area contributed by atoms with Gasteiger partial charge in [0.1, 0.15) is 31.7 Å². The maximum Gasteiger partial charge on any atom is 1.00 e. The number of aromatic hydroxyl groups is 2. The van der Waals surface area contributed by atoms with Crippen molar-refractivity contribution in [1.29, 1.82) is 0 Å². The van der Waals surface area contributed by atoms with Crippen LogP contribution in [0.25, 0.3) is 0 Å². The van der Waals surface area contributed by atoms with E-state index < -0.39 is 41.5 Å². The van der Waals surface area contributed by atoms with Gasteiger partial charge in [0.2, 0.25) is 0 Å². The van der Waals surface area contributed by atoms with Gasteiger partial charge in [-0.1, -0.05) is 0 Å². The number of benzene rings is 1. The Kier molecular flexibility index (Phi) is 8.01. The fourth-order valence-corrected chi connectivity index (χ4v) is 2.17. The molecule has 18 heavy (non-hydrogen) atoms. The van der Waals surface area contributed by atoms with Gasteiger partial charge in [-0.2, -0.15) is 0 Å². The summed E-state index contributed by atoms with van der Waals surface area (Å²) >= 11 is 0. The van der Waals surface area contributed by atoms with E-state index in [0.29, 0.717) is 0 Å². The largest absolute Gasteiger partial charge is 1.00 e. The van der Waals surface area contributed by atoms with Crippen molar-refractivity contribution in [3.05, 3.63) is 12.1 Å². The predicted octanol–water partition coefficient (Wildman–Crippen LogP) is -7.09. The molecule has 12 heteroatoms. The average molecular weight is 314 g/mol. The first-order valence-corrected chi connectivity index (χ1v) is 6.33. The molecule has 0 bridgehead atoms. The summed E-state index contributed by atoms with van der Waals surface area (Å²) in [7, 11) is -10.3. The molecular formula is C6H4Na2O8S2. The van der Waals surface area contributed by atoms with E-state index in [1.165, 1.54) is 0 Å². The molecule has 90 valence electrons. The Morgan fingerprint density at radius 3 is 1.28 bits per heavy atom. The van der Waals surface area contributed by atoms with Crippen molar-refractivity contribution >= 4 is 20.2 Å². The molecule has 0 spiro atoms. The fraction of sp³-hybridized carbons (Fsp3) is 0. The van der Waals surface area contributed by atoms with Crippen LogP contribution in [0.1, 0.15) is 0 Å². The zero-order valence-electron chi connectivity index (χ0n) is 9.32. The molecule has 1 aromatic rings. The molecule has 1 rings (SSSR count). The van der Waals surface area contributed by atoms with E-state index in [4.69, 9.17) is 10.2 Å². The van der Waals surface area contributed by atoms with Crippen molar-refractivity contribution in [3.63, 3.8) is 0 Å². The van der Waals surface area contributed by atoms with Crippen molar-refractivity contribution < 1.29 is 95.3 Å². The molecule has 0 unspecified atom stereocenters. The SMILES string of the molecule is O=S(=O)([O-])c1cc(S(=O)(=O)[O-])c(O)cc1O.[Na+].[Na+]. The van der Waals surface area contributed by atoms with Crippen LogP contribution in [0.3, 0.4) is 0 Å². The normalized spacial score (nSPS) is 11.2. The summed E-state index contributed by atoms with van der Waals surface area (Å²) in [5.41, 5.74) is 0. The summed E-state index contributed by atoms with van der Waals surface area (Å²) < 4.78 is 63.3. The molecule has 0 heterocycles. The predicted molar refractivity (Wildman–Crippen MR) is 45.7 cm³/mol. The fourth-order valence-electron chi connectivity index (χ4n) is 0.939.